The standard InChI is InChI=1S/C11H22O/c1-5-7-8-10(6-2)11(12)9(3)4/h9-10H,5-8H2,1-4H3/t10-/m0/s1. The molecule has 0 aromatic heterocycles. The van der Waals surface area contributed by atoms with E-state index in [0.717, 1.165) is 12.8 Å². The van der Waals surface area contributed by atoms with Crippen LogP contribution in [0.25, 0.3) is 0 Å². The zero-order chi connectivity index (χ0) is 9.56. The van der Waals surface area contributed by atoms with Gasteiger partial charge in [-0.05, 0) is 12.8 Å². The number of rotatable bonds is 6. The van der Waals surface area contributed by atoms with Gasteiger partial charge in [0.1, 0.15) is 5.78 Å². The summed E-state index contributed by atoms with van der Waals surface area (Å²) < 4.78 is 0. The van der Waals surface area contributed by atoms with E-state index in [-0.39, 0.29) is 5.92 Å². The first-order valence-electron chi connectivity index (χ1n) is 5.17. The smallest absolute Gasteiger partial charge is 0.138 e. The maximum Gasteiger partial charge on any atom is 0.138 e. The van der Waals surface area contributed by atoms with Gasteiger partial charge in [-0.15, -0.1) is 0 Å². The zero-order valence-corrected chi connectivity index (χ0v) is 8.89. The molecule has 0 fully saturated rings. The van der Waals surface area contributed by atoms with Gasteiger partial charge in [0, 0.05) is 11.8 Å². The Morgan fingerprint density at radius 3 is 2.17 bits per heavy atom. The van der Waals surface area contributed by atoms with E-state index in [9.17, 15) is 4.79 Å². The van der Waals surface area contributed by atoms with E-state index in [4.69, 9.17) is 0 Å². The second-order valence-corrected chi connectivity index (χ2v) is 3.80. The lowest BCUT2D eigenvalue weighted by Gasteiger charge is -2.15. The molecule has 1 nitrogen and oxygen atoms in total. The Morgan fingerprint density at radius 2 is 1.83 bits per heavy atom. The molecule has 1 heteroatoms. The fraction of sp³-hybridized carbons (Fsp3) is 0.909. The number of ketones is 1. The summed E-state index contributed by atoms with van der Waals surface area (Å²) in [5.41, 5.74) is 0. The molecule has 0 aliphatic heterocycles. The minimum absolute atomic E-state index is 0.215. The molecule has 0 unspecified atom stereocenters. The van der Waals surface area contributed by atoms with E-state index < -0.39 is 0 Å². The molecule has 1 atom stereocenters. The van der Waals surface area contributed by atoms with Gasteiger partial charge in [0.15, 0.2) is 0 Å². The number of hydrogen-bond donors (Lipinski definition) is 0. The molecular weight excluding hydrogens is 148 g/mol. The topological polar surface area (TPSA) is 17.1 Å². The molecule has 0 aromatic carbocycles. The van der Waals surface area contributed by atoms with Crippen LogP contribution in [0.1, 0.15) is 53.4 Å². The van der Waals surface area contributed by atoms with Crippen molar-refractivity contribution < 1.29 is 4.79 Å². The van der Waals surface area contributed by atoms with E-state index in [1.165, 1.54) is 12.8 Å². The number of carbonyl (C=O) groups excluding carboxylic acids is 1. The van der Waals surface area contributed by atoms with Crippen molar-refractivity contribution >= 4 is 5.78 Å². The molecule has 0 spiro atoms. The average molecular weight is 170 g/mol. The van der Waals surface area contributed by atoms with Gasteiger partial charge in [0.05, 0.1) is 0 Å². The Bertz CT molecular complexity index is 127. The fourth-order valence-corrected chi connectivity index (χ4v) is 1.47. The summed E-state index contributed by atoms with van der Waals surface area (Å²) in [6, 6.07) is 0. The minimum Gasteiger partial charge on any atom is -0.299 e. The largest absolute Gasteiger partial charge is 0.299 e. The van der Waals surface area contributed by atoms with Crippen molar-refractivity contribution in [3.05, 3.63) is 0 Å². The van der Waals surface area contributed by atoms with Crippen LogP contribution in [0.3, 0.4) is 0 Å². The maximum absolute atomic E-state index is 11.6. The Hall–Kier alpha value is -0.330. The van der Waals surface area contributed by atoms with E-state index in [0.29, 0.717) is 11.7 Å². The van der Waals surface area contributed by atoms with Gasteiger partial charge in [0.25, 0.3) is 0 Å². The van der Waals surface area contributed by atoms with Crippen molar-refractivity contribution in [3.63, 3.8) is 0 Å². The molecular formula is C11H22O. The van der Waals surface area contributed by atoms with Crippen LogP contribution in [0.4, 0.5) is 0 Å². The molecule has 0 saturated heterocycles. The van der Waals surface area contributed by atoms with Crippen LogP contribution in [-0.2, 0) is 4.79 Å². The van der Waals surface area contributed by atoms with Crippen molar-refractivity contribution in [3.8, 4) is 0 Å². The van der Waals surface area contributed by atoms with E-state index in [2.05, 4.69) is 13.8 Å². The summed E-state index contributed by atoms with van der Waals surface area (Å²) in [7, 11) is 0. The lowest BCUT2D eigenvalue weighted by Crippen LogP contribution is -2.19. The normalized spacial score (nSPS) is 13.4. The van der Waals surface area contributed by atoms with Crippen LogP contribution in [0.5, 0.6) is 0 Å². The molecule has 0 aromatic rings. The molecule has 72 valence electrons. The van der Waals surface area contributed by atoms with Crippen molar-refractivity contribution in [1.82, 2.24) is 0 Å². The summed E-state index contributed by atoms with van der Waals surface area (Å²) in [6.07, 6.45) is 4.49. The van der Waals surface area contributed by atoms with Crippen LogP contribution in [-0.4, -0.2) is 5.78 Å². The maximum atomic E-state index is 11.6. The predicted molar refractivity (Wildman–Crippen MR) is 53.2 cm³/mol. The monoisotopic (exact) mass is 170 g/mol. The van der Waals surface area contributed by atoms with Gasteiger partial charge in [-0.25, -0.2) is 0 Å². The first-order valence-corrected chi connectivity index (χ1v) is 5.17. The van der Waals surface area contributed by atoms with Gasteiger partial charge >= 0.3 is 0 Å². The summed E-state index contributed by atoms with van der Waals surface area (Å²) >= 11 is 0. The third-order valence-electron chi connectivity index (χ3n) is 2.37. The Kier molecular flexibility index (Phi) is 6.04. The summed E-state index contributed by atoms with van der Waals surface area (Å²) in [6.45, 7) is 8.28. The molecule has 0 saturated carbocycles. The third kappa shape index (κ3) is 3.89. The molecule has 0 aliphatic rings. The summed E-state index contributed by atoms with van der Waals surface area (Å²) in [5, 5.41) is 0. The predicted octanol–water partition coefficient (Wildman–Crippen LogP) is 3.43. The molecule has 0 rings (SSSR count). The molecule has 0 aliphatic carbocycles. The first-order chi connectivity index (χ1) is 5.63. The van der Waals surface area contributed by atoms with Crippen LogP contribution >= 0.6 is 0 Å². The van der Waals surface area contributed by atoms with Crippen molar-refractivity contribution in [2.75, 3.05) is 0 Å². The lowest BCUT2D eigenvalue weighted by atomic mass is 9.89. The Labute approximate surface area is 76.6 Å². The van der Waals surface area contributed by atoms with Crippen molar-refractivity contribution in [1.29, 1.82) is 0 Å². The van der Waals surface area contributed by atoms with Crippen LogP contribution in [0, 0.1) is 11.8 Å². The van der Waals surface area contributed by atoms with E-state index in [1.807, 2.05) is 13.8 Å². The summed E-state index contributed by atoms with van der Waals surface area (Å²) in [5.74, 6) is 0.989. The fourth-order valence-electron chi connectivity index (χ4n) is 1.47. The second kappa shape index (κ2) is 6.22. The quantitative estimate of drug-likeness (QED) is 0.597. The lowest BCUT2D eigenvalue weighted by molar-refractivity contribution is -0.126. The highest BCUT2D eigenvalue weighted by atomic mass is 16.1. The SMILES string of the molecule is CCCC[C@H](CC)C(=O)C(C)C. The van der Waals surface area contributed by atoms with Crippen LogP contribution < -0.4 is 0 Å². The van der Waals surface area contributed by atoms with Gasteiger partial charge in [-0.2, -0.15) is 0 Å². The van der Waals surface area contributed by atoms with Gasteiger partial charge in [-0.1, -0.05) is 40.5 Å². The third-order valence-corrected chi connectivity index (χ3v) is 2.37. The van der Waals surface area contributed by atoms with Crippen molar-refractivity contribution in [2.24, 2.45) is 11.8 Å². The minimum atomic E-state index is 0.215. The molecule has 0 N–H and O–H groups in total. The zero-order valence-electron chi connectivity index (χ0n) is 8.89. The Balaban J connectivity index is 3.88. The number of unbranched alkanes of at least 4 members (excludes halogenated alkanes) is 1. The molecule has 0 bridgehead atoms. The van der Waals surface area contributed by atoms with E-state index in [1.54, 1.807) is 0 Å². The van der Waals surface area contributed by atoms with Crippen LogP contribution in [0.2, 0.25) is 0 Å². The molecule has 0 radical (unpaired) electrons. The molecule has 0 amide bonds. The van der Waals surface area contributed by atoms with Crippen molar-refractivity contribution in [2.45, 2.75) is 53.4 Å². The number of Topliss-reactive ketones (excluding diaryl/α,β-unsaturated/α-hetero) is 1. The molecule has 0 heterocycles. The van der Waals surface area contributed by atoms with Gasteiger partial charge in [0.2, 0.25) is 0 Å². The highest BCUT2D eigenvalue weighted by Crippen LogP contribution is 2.17. The first kappa shape index (κ1) is 11.7. The Morgan fingerprint density at radius 1 is 1.25 bits per heavy atom. The number of hydrogen-bond acceptors (Lipinski definition) is 1. The average Bonchev–Trinajstić information content (AvgIpc) is 2.05. The molecule has 12 heavy (non-hydrogen) atoms. The number of carbonyl (C=O) groups is 1. The van der Waals surface area contributed by atoms with E-state index >= 15 is 0 Å². The second-order valence-electron chi connectivity index (χ2n) is 3.80. The van der Waals surface area contributed by atoms with Crippen LogP contribution in [0.15, 0.2) is 0 Å². The highest BCUT2D eigenvalue weighted by Gasteiger charge is 2.18. The summed E-state index contributed by atoms with van der Waals surface area (Å²) in [4.78, 5) is 11.6. The van der Waals surface area contributed by atoms with Gasteiger partial charge < -0.3 is 0 Å². The van der Waals surface area contributed by atoms with Gasteiger partial charge in [-0.3, -0.25) is 4.79 Å². The highest BCUT2D eigenvalue weighted by molar-refractivity contribution is 5.82.